The summed E-state index contributed by atoms with van der Waals surface area (Å²) in [5.41, 5.74) is 2.90. The third-order valence-corrected chi connectivity index (χ3v) is 4.24. The molecule has 0 saturated carbocycles. The molecule has 0 N–H and O–H groups in total. The van der Waals surface area contributed by atoms with E-state index in [-0.39, 0.29) is 5.97 Å². The lowest BCUT2D eigenvalue weighted by Crippen LogP contribution is -2.10. The molecule has 144 valence electrons. The zero-order valence-corrected chi connectivity index (χ0v) is 16.4. The predicted molar refractivity (Wildman–Crippen MR) is 106 cm³/mol. The van der Waals surface area contributed by atoms with Gasteiger partial charge >= 0.3 is 11.9 Å². The summed E-state index contributed by atoms with van der Waals surface area (Å²) in [5.74, 6) is -0.292. The van der Waals surface area contributed by atoms with Crippen LogP contribution < -0.4 is 4.74 Å². The van der Waals surface area contributed by atoms with Crippen molar-refractivity contribution in [3.8, 4) is 5.75 Å². The van der Waals surface area contributed by atoms with Gasteiger partial charge in [0, 0.05) is 0 Å². The van der Waals surface area contributed by atoms with Gasteiger partial charge in [-0.25, -0.2) is 9.59 Å². The Kier molecular flexibility index (Phi) is 8.05. The van der Waals surface area contributed by atoms with Gasteiger partial charge in [0.05, 0.1) is 17.7 Å². The molecule has 27 heavy (non-hydrogen) atoms. The molecule has 2 rings (SSSR count). The SMILES string of the molecule is CCCCCCCOC(=O)c1ccc(C(=O)Oc2cc(C)cc(C)c2)cc1. The zero-order valence-electron chi connectivity index (χ0n) is 16.4. The van der Waals surface area contributed by atoms with E-state index < -0.39 is 5.97 Å². The molecule has 4 nitrogen and oxygen atoms in total. The fourth-order valence-corrected chi connectivity index (χ4v) is 2.85. The van der Waals surface area contributed by atoms with Gasteiger partial charge in [-0.3, -0.25) is 0 Å². The van der Waals surface area contributed by atoms with Crippen LogP contribution in [0.2, 0.25) is 0 Å². The maximum absolute atomic E-state index is 12.3. The highest BCUT2D eigenvalue weighted by Gasteiger charge is 2.12. The van der Waals surface area contributed by atoms with Crippen molar-refractivity contribution in [3.05, 3.63) is 64.7 Å². The first-order chi connectivity index (χ1) is 13.0. The number of carbonyl (C=O) groups is 2. The van der Waals surface area contributed by atoms with Gasteiger partial charge in [-0.05, 0) is 67.8 Å². The highest BCUT2D eigenvalue weighted by molar-refractivity contribution is 5.94. The van der Waals surface area contributed by atoms with Crippen LogP contribution in [0.3, 0.4) is 0 Å². The molecule has 2 aromatic carbocycles. The van der Waals surface area contributed by atoms with E-state index in [2.05, 4.69) is 6.92 Å². The molecular weight excluding hydrogens is 340 g/mol. The summed E-state index contributed by atoms with van der Waals surface area (Å²) in [4.78, 5) is 24.3. The fourth-order valence-electron chi connectivity index (χ4n) is 2.85. The van der Waals surface area contributed by atoms with E-state index in [1.165, 1.54) is 19.3 Å². The molecule has 0 spiro atoms. The summed E-state index contributed by atoms with van der Waals surface area (Å²) in [7, 11) is 0. The molecule has 0 aliphatic heterocycles. The maximum atomic E-state index is 12.3. The molecule has 0 aliphatic rings. The van der Waals surface area contributed by atoms with E-state index in [0.717, 1.165) is 24.0 Å². The minimum absolute atomic E-state index is 0.361. The average molecular weight is 368 g/mol. The average Bonchev–Trinajstić information content (AvgIpc) is 2.63. The number of unbranched alkanes of at least 4 members (excludes halogenated alkanes) is 4. The van der Waals surface area contributed by atoms with Gasteiger partial charge in [-0.2, -0.15) is 0 Å². The van der Waals surface area contributed by atoms with Crippen molar-refractivity contribution in [1.29, 1.82) is 0 Å². The van der Waals surface area contributed by atoms with E-state index in [0.29, 0.717) is 23.5 Å². The molecule has 0 aliphatic carbocycles. The Hall–Kier alpha value is -2.62. The molecule has 0 atom stereocenters. The Morgan fingerprint density at radius 1 is 0.778 bits per heavy atom. The minimum Gasteiger partial charge on any atom is -0.462 e. The van der Waals surface area contributed by atoms with Gasteiger partial charge in [-0.1, -0.05) is 38.7 Å². The first-order valence-corrected chi connectivity index (χ1v) is 9.57. The molecule has 0 unspecified atom stereocenters. The lowest BCUT2D eigenvalue weighted by molar-refractivity contribution is 0.0497. The molecule has 0 bridgehead atoms. The smallest absolute Gasteiger partial charge is 0.343 e. The molecule has 0 radical (unpaired) electrons. The molecule has 4 heteroatoms. The van der Waals surface area contributed by atoms with Crippen LogP contribution in [-0.4, -0.2) is 18.5 Å². The quantitative estimate of drug-likeness (QED) is 0.326. The lowest BCUT2D eigenvalue weighted by Gasteiger charge is -2.08. The number of esters is 2. The molecule has 0 amide bonds. The van der Waals surface area contributed by atoms with Crippen LogP contribution >= 0.6 is 0 Å². The van der Waals surface area contributed by atoms with E-state index in [9.17, 15) is 9.59 Å². The van der Waals surface area contributed by atoms with Gasteiger partial charge in [0.1, 0.15) is 5.75 Å². The van der Waals surface area contributed by atoms with Gasteiger partial charge in [-0.15, -0.1) is 0 Å². The van der Waals surface area contributed by atoms with E-state index in [1.54, 1.807) is 24.3 Å². The van der Waals surface area contributed by atoms with Crippen LogP contribution in [0, 0.1) is 13.8 Å². The van der Waals surface area contributed by atoms with E-state index in [1.807, 2.05) is 32.0 Å². The van der Waals surface area contributed by atoms with Crippen molar-refractivity contribution >= 4 is 11.9 Å². The van der Waals surface area contributed by atoms with E-state index in [4.69, 9.17) is 9.47 Å². The monoisotopic (exact) mass is 368 g/mol. The van der Waals surface area contributed by atoms with Crippen LogP contribution in [0.15, 0.2) is 42.5 Å². The number of benzene rings is 2. The largest absolute Gasteiger partial charge is 0.462 e. The third-order valence-electron chi connectivity index (χ3n) is 4.24. The van der Waals surface area contributed by atoms with Crippen LogP contribution in [-0.2, 0) is 4.74 Å². The number of aryl methyl sites for hydroxylation is 2. The van der Waals surface area contributed by atoms with Crippen LogP contribution in [0.5, 0.6) is 5.75 Å². The Labute approximate surface area is 161 Å². The third kappa shape index (κ3) is 6.89. The summed E-state index contributed by atoms with van der Waals surface area (Å²) < 4.78 is 10.7. The lowest BCUT2D eigenvalue weighted by atomic mass is 10.1. The van der Waals surface area contributed by atoms with Crippen molar-refractivity contribution in [2.75, 3.05) is 6.61 Å². The Morgan fingerprint density at radius 2 is 1.33 bits per heavy atom. The predicted octanol–water partition coefficient (Wildman–Crippen LogP) is 5.65. The Balaban J connectivity index is 1.86. The highest BCUT2D eigenvalue weighted by atomic mass is 16.5. The minimum atomic E-state index is -0.448. The summed E-state index contributed by atoms with van der Waals surface area (Å²) in [6.07, 6.45) is 5.54. The second-order valence-electron chi connectivity index (χ2n) is 6.84. The molecule has 0 saturated heterocycles. The Morgan fingerprint density at radius 3 is 1.93 bits per heavy atom. The molecule has 0 fully saturated rings. The molecule has 2 aromatic rings. The first kappa shape index (κ1) is 20.7. The Bertz CT molecular complexity index is 742. The van der Waals surface area contributed by atoms with Gasteiger partial charge in [0.15, 0.2) is 0 Å². The number of ether oxygens (including phenoxy) is 2. The molecular formula is C23H28O4. The first-order valence-electron chi connectivity index (χ1n) is 9.57. The summed E-state index contributed by atoms with van der Waals surface area (Å²) >= 11 is 0. The second kappa shape index (κ2) is 10.5. The second-order valence-corrected chi connectivity index (χ2v) is 6.84. The standard InChI is InChI=1S/C23H28O4/c1-4-5-6-7-8-13-26-22(24)19-9-11-20(12-10-19)23(25)27-21-15-17(2)14-18(3)16-21/h9-12,14-16H,4-8,13H2,1-3H3. The molecule has 0 heterocycles. The number of rotatable bonds is 9. The summed E-state index contributed by atoms with van der Waals surface area (Å²) in [6.45, 7) is 6.50. The number of carbonyl (C=O) groups excluding carboxylic acids is 2. The van der Waals surface area contributed by atoms with E-state index >= 15 is 0 Å². The van der Waals surface area contributed by atoms with Crippen LogP contribution in [0.25, 0.3) is 0 Å². The topological polar surface area (TPSA) is 52.6 Å². The van der Waals surface area contributed by atoms with Gasteiger partial charge < -0.3 is 9.47 Å². The number of hydrogen-bond acceptors (Lipinski definition) is 4. The maximum Gasteiger partial charge on any atom is 0.343 e. The fraction of sp³-hybridized carbons (Fsp3) is 0.391. The highest BCUT2D eigenvalue weighted by Crippen LogP contribution is 2.18. The van der Waals surface area contributed by atoms with Crippen molar-refractivity contribution in [2.24, 2.45) is 0 Å². The number of hydrogen-bond donors (Lipinski definition) is 0. The van der Waals surface area contributed by atoms with Crippen LogP contribution in [0.4, 0.5) is 0 Å². The zero-order chi connectivity index (χ0) is 19.6. The van der Waals surface area contributed by atoms with Crippen molar-refractivity contribution in [2.45, 2.75) is 52.9 Å². The van der Waals surface area contributed by atoms with Crippen LogP contribution in [0.1, 0.15) is 70.9 Å². The normalized spacial score (nSPS) is 10.5. The van der Waals surface area contributed by atoms with Gasteiger partial charge in [0.25, 0.3) is 0 Å². The van der Waals surface area contributed by atoms with Gasteiger partial charge in [0.2, 0.25) is 0 Å². The van der Waals surface area contributed by atoms with Crippen molar-refractivity contribution in [3.63, 3.8) is 0 Å². The van der Waals surface area contributed by atoms with Crippen molar-refractivity contribution < 1.29 is 19.1 Å². The molecule has 0 aromatic heterocycles. The summed E-state index contributed by atoms with van der Waals surface area (Å²) in [6, 6.07) is 12.0. The van der Waals surface area contributed by atoms with Crippen molar-refractivity contribution in [1.82, 2.24) is 0 Å². The summed E-state index contributed by atoms with van der Waals surface area (Å²) in [5, 5.41) is 0.